The number of halogens is 1. The number of carbonyl (C=O) groups is 1. The number of aliphatic hydroxyl groups excluding tert-OH is 2. The molecular weight excluding hydrogens is 376 g/mol. The van der Waals surface area contributed by atoms with Gasteiger partial charge >= 0.3 is 5.97 Å². The second-order valence-electron chi connectivity index (χ2n) is 4.75. The van der Waals surface area contributed by atoms with Gasteiger partial charge in [-0.2, -0.15) is 0 Å². The van der Waals surface area contributed by atoms with E-state index in [0.29, 0.717) is 10.2 Å². The Bertz CT molecular complexity index is 661. The fourth-order valence-corrected chi connectivity index (χ4v) is 2.19. The van der Waals surface area contributed by atoms with Crippen molar-refractivity contribution in [3.05, 3.63) is 32.8 Å². The molecule has 0 atom stereocenters. The topological polar surface area (TPSA) is 146 Å². The van der Waals surface area contributed by atoms with Gasteiger partial charge in [0.05, 0.1) is 23.8 Å². The van der Waals surface area contributed by atoms with Crippen LogP contribution in [0.4, 0.5) is 11.4 Å². The standard InChI is InChI=1S/C12H13BrN4O6/c13-8-3-7(17(21)22)1-2-9(8)15-16-10-11(20)23-6-12(4-18,5-19)14-10/h1-3,15,18-19H,4-6H2,(H,14,16). The molecule has 0 saturated carbocycles. The van der Waals surface area contributed by atoms with E-state index in [1.807, 2.05) is 0 Å². The van der Waals surface area contributed by atoms with Crippen LogP contribution >= 0.6 is 15.9 Å². The largest absolute Gasteiger partial charge is 0.457 e. The number of nitro benzene ring substituents is 1. The first kappa shape index (κ1) is 17.1. The van der Waals surface area contributed by atoms with Crippen LogP contribution in [0.3, 0.4) is 0 Å². The number of nitro groups is 1. The Morgan fingerprint density at radius 1 is 1.39 bits per heavy atom. The second-order valence-corrected chi connectivity index (χ2v) is 5.60. The summed E-state index contributed by atoms with van der Waals surface area (Å²) in [5.41, 5.74) is 4.17. The number of benzene rings is 1. The fourth-order valence-electron chi connectivity index (χ4n) is 1.72. The number of hydrogen-bond acceptors (Lipinski definition) is 9. The van der Waals surface area contributed by atoms with Gasteiger partial charge in [-0.15, -0.1) is 0 Å². The van der Waals surface area contributed by atoms with Gasteiger partial charge in [0.15, 0.2) is 0 Å². The maximum atomic E-state index is 11.6. The maximum absolute atomic E-state index is 11.6. The summed E-state index contributed by atoms with van der Waals surface area (Å²) < 4.78 is 5.25. The zero-order valence-electron chi connectivity index (χ0n) is 11.7. The van der Waals surface area contributed by atoms with Crippen LogP contribution in [-0.4, -0.2) is 52.3 Å². The van der Waals surface area contributed by atoms with Crippen molar-refractivity contribution in [3.8, 4) is 0 Å². The summed E-state index contributed by atoms with van der Waals surface area (Å²) in [5, 5.41) is 29.2. The number of anilines is 1. The van der Waals surface area contributed by atoms with Crippen molar-refractivity contribution in [2.45, 2.75) is 5.54 Å². The highest BCUT2D eigenvalue weighted by Crippen LogP contribution is 2.26. The Morgan fingerprint density at radius 2 is 2.09 bits per heavy atom. The van der Waals surface area contributed by atoms with E-state index in [9.17, 15) is 25.1 Å². The van der Waals surface area contributed by atoms with Crippen molar-refractivity contribution in [1.29, 1.82) is 0 Å². The first-order valence-electron chi connectivity index (χ1n) is 6.35. The van der Waals surface area contributed by atoms with E-state index in [0.717, 1.165) is 0 Å². The average molecular weight is 389 g/mol. The SMILES string of the molecule is O=C1OCC(CO)(CO)N=C1NNc1ccc([N+](=O)[O-])cc1Br. The Hall–Kier alpha value is -2.24. The lowest BCUT2D eigenvalue weighted by Gasteiger charge is -2.30. The third kappa shape index (κ3) is 3.75. The van der Waals surface area contributed by atoms with Crippen LogP contribution in [0.15, 0.2) is 27.7 Å². The van der Waals surface area contributed by atoms with Crippen LogP contribution in [0, 0.1) is 10.1 Å². The molecule has 0 aromatic heterocycles. The highest BCUT2D eigenvalue weighted by atomic mass is 79.9. The number of ether oxygens (including phenoxy) is 1. The predicted molar refractivity (Wildman–Crippen MR) is 82.9 cm³/mol. The van der Waals surface area contributed by atoms with Gasteiger partial charge < -0.3 is 14.9 Å². The first-order valence-corrected chi connectivity index (χ1v) is 7.15. The lowest BCUT2D eigenvalue weighted by atomic mass is 10.0. The minimum atomic E-state index is -1.30. The van der Waals surface area contributed by atoms with Crippen molar-refractivity contribution in [2.75, 3.05) is 25.2 Å². The molecule has 23 heavy (non-hydrogen) atoms. The molecule has 0 bridgehead atoms. The van der Waals surface area contributed by atoms with Crippen molar-refractivity contribution in [2.24, 2.45) is 4.99 Å². The van der Waals surface area contributed by atoms with Gasteiger partial charge in [0, 0.05) is 16.6 Å². The molecule has 1 aliphatic rings. The van der Waals surface area contributed by atoms with Crippen molar-refractivity contribution >= 4 is 39.1 Å². The third-order valence-electron chi connectivity index (χ3n) is 3.08. The molecule has 1 aliphatic heterocycles. The summed E-state index contributed by atoms with van der Waals surface area (Å²) in [5.74, 6) is -0.988. The van der Waals surface area contributed by atoms with Gasteiger partial charge in [0.25, 0.3) is 5.69 Å². The molecule has 124 valence electrons. The summed E-state index contributed by atoms with van der Waals surface area (Å²) in [7, 11) is 0. The molecule has 0 spiro atoms. The minimum absolute atomic E-state index is 0.101. The number of hydrogen-bond donors (Lipinski definition) is 4. The van der Waals surface area contributed by atoms with E-state index < -0.39 is 29.6 Å². The number of non-ortho nitro benzene ring substituents is 1. The minimum Gasteiger partial charge on any atom is -0.457 e. The number of carbonyl (C=O) groups excluding carboxylic acids is 1. The van der Waals surface area contributed by atoms with Crippen molar-refractivity contribution in [1.82, 2.24) is 5.43 Å². The van der Waals surface area contributed by atoms with Gasteiger partial charge in [-0.05, 0) is 22.0 Å². The molecular formula is C12H13BrN4O6. The van der Waals surface area contributed by atoms with E-state index in [1.165, 1.54) is 18.2 Å². The predicted octanol–water partition coefficient (Wildman–Crippen LogP) is -0.0475. The summed E-state index contributed by atoms with van der Waals surface area (Å²) in [6.45, 7) is -1.22. The number of nitrogens with one attached hydrogen (secondary N) is 2. The van der Waals surface area contributed by atoms with Gasteiger partial charge in [0.2, 0.25) is 5.84 Å². The van der Waals surface area contributed by atoms with Gasteiger partial charge in [-0.3, -0.25) is 21.0 Å². The van der Waals surface area contributed by atoms with Gasteiger partial charge in [-0.25, -0.2) is 9.79 Å². The van der Waals surface area contributed by atoms with E-state index >= 15 is 0 Å². The number of aliphatic hydroxyl groups is 2. The maximum Gasteiger partial charge on any atom is 0.375 e. The van der Waals surface area contributed by atoms with Crippen molar-refractivity contribution < 1.29 is 24.7 Å². The normalized spacial score (nSPS) is 16.3. The van der Waals surface area contributed by atoms with Crippen LogP contribution in [0.5, 0.6) is 0 Å². The molecule has 0 fully saturated rings. The molecule has 10 nitrogen and oxygen atoms in total. The zero-order chi connectivity index (χ0) is 17.0. The molecule has 0 radical (unpaired) electrons. The highest BCUT2D eigenvalue weighted by molar-refractivity contribution is 9.10. The molecule has 0 amide bonds. The summed E-state index contributed by atoms with van der Waals surface area (Å²) >= 11 is 3.16. The van der Waals surface area contributed by atoms with Crippen LogP contribution in [0.2, 0.25) is 0 Å². The highest BCUT2D eigenvalue weighted by Gasteiger charge is 2.36. The molecule has 1 aromatic rings. The fraction of sp³-hybridized carbons (Fsp3) is 0.333. The Kier molecular flexibility index (Phi) is 5.13. The molecule has 1 aromatic carbocycles. The number of cyclic esters (lactones) is 1. The molecule has 0 saturated heterocycles. The molecule has 0 aliphatic carbocycles. The van der Waals surface area contributed by atoms with Gasteiger partial charge in [0.1, 0.15) is 12.1 Å². The van der Waals surface area contributed by atoms with Crippen molar-refractivity contribution in [3.63, 3.8) is 0 Å². The summed E-state index contributed by atoms with van der Waals surface area (Å²) in [6.07, 6.45) is 0. The quantitative estimate of drug-likeness (QED) is 0.312. The lowest BCUT2D eigenvalue weighted by Crippen LogP contribution is -2.51. The number of aliphatic imine (C=N–C) groups is 1. The first-order chi connectivity index (χ1) is 10.9. The number of hydrazine groups is 1. The number of nitrogens with zero attached hydrogens (tertiary/aromatic N) is 2. The smallest absolute Gasteiger partial charge is 0.375 e. The average Bonchev–Trinajstić information content (AvgIpc) is 2.55. The summed E-state index contributed by atoms with van der Waals surface area (Å²) in [6, 6.07) is 3.99. The van der Waals surface area contributed by atoms with E-state index in [-0.39, 0.29) is 18.1 Å². The molecule has 2 rings (SSSR count). The molecule has 4 N–H and O–H groups in total. The van der Waals surface area contributed by atoms with E-state index in [4.69, 9.17) is 4.74 Å². The van der Waals surface area contributed by atoms with Crippen LogP contribution in [-0.2, 0) is 9.53 Å². The van der Waals surface area contributed by atoms with Crippen LogP contribution in [0.25, 0.3) is 0 Å². The third-order valence-corrected chi connectivity index (χ3v) is 3.74. The number of rotatable bonds is 5. The van der Waals surface area contributed by atoms with E-state index in [1.54, 1.807) is 0 Å². The molecule has 0 unspecified atom stereocenters. The lowest BCUT2D eigenvalue weighted by molar-refractivity contribution is -0.384. The van der Waals surface area contributed by atoms with Crippen LogP contribution < -0.4 is 10.9 Å². The number of amidine groups is 1. The van der Waals surface area contributed by atoms with Gasteiger partial charge in [-0.1, -0.05) is 0 Å². The Balaban J connectivity index is 2.14. The molecule has 1 heterocycles. The summed E-state index contributed by atoms with van der Waals surface area (Å²) in [4.78, 5) is 25.7. The zero-order valence-corrected chi connectivity index (χ0v) is 13.2. The van der Waals surface area contributed by atoms with E-state index in [2.05, 4.69) is 31.8 Å². The Labute approximate surface area is 138 Å². The second kappa shape index (κ2) is 6.89. The Morgan fingerprint density at radius 3 is 2.65 bits per heavy atom. The number of esters is 1. The van der Waals surface area contributed by atoms with Crippen LogP contribution in [0.1, 0.15) is 0 Å². The molecule has 11 heteroatoms. The monoisotopic (exact) mass is 388 g/mol.